The zero-order valence-corrected chi connectivity index (χ0v) is 13.7. The Morgan fingerprint density at radius 3 is 1.80 bits per heavy atom. The summed E-state index contributed by atoms with van der Waals surface area (Å²) in [6.07, 6.45) is 4.25. The third kappa shape index (κ3) is 5.94. The lowest BCUT2D eigenvalue weighted by Gasteiger charge is -2.19. The summed E-state index contributed by atoms with van der Waals surface area (Å²) in [5, 5.41) is 0. The molecule has 0 amide bonds. The summed E-state index contributed by atoms with van der Waals surface area (Å²) in [5.41, 5.74) is 0. The van der Waals surface area contributed by atoms with Crippen molar-refractivity contribution in [3.05, 3.63) is 60.2 Å². The number of hydrogen-bond donors (Lipinski definition) is 0. The normalized spacial score (nSPS) is 10.6. The summed E-state index contributed by atoms with van der Waals surface area (Å²) in [4.78, 5) is 11.7. The number of terminal acetylenes is 1. The largest absolute Gasteiger partial charge is 0.452 e. The van der Waals surface area contributed by atoms with E-state index in [2.05, 4.69) is 10.7 Å². The maximum Gasteiger partial charge on any atom is 0.441 e. The van der Waals surface area contributed by atoms with Gasteiger partial charge in [-0.15, -0.1) is 6.42 Å². The Morgan fingerprint density at radius 1 is 0.960 bits per heavy atom. The van der Waals surface area contributed by atoms with E-state index in [9.17, 15) is 18.1 Å². The number of hydrogen-bond acceptors (Lipinski definition) is 5. The van der Waals surface area contributed by atoms with E-state index in [1.807, 2.05) is 0 Å². The molecular weight excluding hydrogens is 353 g/mol. The van der Waals surface area contributed by atoms with Crippen LogP contribution in [-0.2, 0) is 14.1 Å². The fourth-order valence-corrected chi connectivity index (χ4v) is 3.18. The molecule has 2 rings (SSSR count). The van der Waals surface area contributed by atoms with E-state index in [1.165, 1.54) is 24.3 Å². The first-order valence-corrected chi connectivity index (χ1v) is 8.71. The van der Waals surface area contributed by atoms with Crippen LogP contribution >= 0.6 is 7.60 Å². The lowest BCUT2D eigenvalue weighted by molar-refractivity contribution is -0.139. The van der Waals surface area contributed by atoms with E-state index < -0.39 is 31.4 Å². The van der Waals surface area contributed by atoms with Crippen LogP contribution in [0.3, 0.4) is 0 Å². The van der Waals surface area contributed by atoms with Crippen LogP contribution in [0.5, 0.6) is 11.5 Å². The van der Waals surface area contributed by atoms with Crippen molar-refractivity contribution in [3.63, 3.8) is 0 Å². The molecule has 0 radical (unpaired) electrons. The Bertz CT molecular complexity index is 761. The monoisotopic (exact) mass is 366 g/mol. The second kappa shape index (κ2) is 8.32. The minimum Gasteiger partial charge on any atom is -0.452 e. The lowest BCUT2D eigenvalue weighted by atomic mass is 10.3. The van der Waals surface area contributed by atoms with Crippen molar-refractivity contribution in [2.45, 2.75) is 0 Å². The van der Waals surface area contributed by atoms with Gasteiger partial charge in [0.15, 0.2) is 12.8 Å². The highest BCUT2D eigenvalue weighted by atomic mass is 31.2. The summed E-state index contributed by atoms with van der Waals surface area (Å²) in [7, 11) is -4.08. The van der Waals surface area contributed by atoms with Gasteiger partial charge in [-0.25, -0.2) is 13.3 Å². The van der Waals surface area contributed by atoms with E-state index in [-0.39, 0.29) is 18.1 Å². The Hall–Kier alpha value is -2.84. The highest BCUT2D eigenvalue weighted by Gasteiger charge is 2.33. The molecule has 0 aliphatic heterocycles. The van der Waals surface area contributed by atoms with Crippen molar-refractivity contribution in [2.24, 2.45) is 0 Å². The van der Waals surface area contributed by atoms with Crippen LogP contribution in [0.1, 0.15) is 0 Å². The van der Waals surface area contributed by atoms with Crippen LogP contribution < -0.4 is 9.05 Å². The third-order valence-electron chi connectivity index (χ3n) is 2.76. The molecule has 5 nitrogen and oxygen atoms in total. The van der Waals surface area contributed by atoms with E-state index in [1.54, 1.807) is 0 Å². The predicted octanol–water partition coefficient (Wildman–Crippen LogP) is 3.79. The summed E-state index contributed by atoms with van der Waals surface area (Å²) >= 11 is 0. The third-order valence-corrected chi connectivity index (χ3v) is 4.38. The second-order valence-electron chi connectivity index (χ2n) is 4.72. The molecule has 0 aliphatic carbocycles. The molecule has 8 heteroatoms. The van der Waals surface area contributed by atoms with Gasteiger partial charge in [-0.1, -0.05) is 5.92 Å². The number of ether oxygens (including phenoxy) is 1. The molecular formula is C17H13F2O5P. The van der Waals surface area contributed by atoms with Gasteiger partial charge in [0.05, 0.1) is 0 Å². The molecule has 0 saturated heterocycles. The molecule has 2 aromatic rings. The van der Waals surface area contributed by atoms with Gasteiger partial charge in [0.1, 0.15) is 23.1 Å². The molecule has 0 N–H and O–H groups in total. The minimum atomic E-state index is -4.08. The van der Waals surface area contributed by atoms with Crippen molar-refractivity contribution in [3.8, 4) is 23.8 Å². The van der Waals surface area contributed by atoms with Crippen molar-refractivity contribution < 1.29 is 31.9 Å². The van der Waals surface area contributed by atoms with Gasteiger partial charge >= 0.3 is 13.6 Å². The number of carbonyl (C=O) groups excluding carboxylic acids is 1. The van der Waals surface area contributed by atoms with E-state index in [0.29, 0.717) is 0 Å². The first kappa shape index (κ1) is 18.5. The van der Waals surface area contributed by atoms with Gasteiger partial charge in [0.2, 0.25) is 0 Å². The average Bonchev–Trinajstić information content (AvgIpc) is 2.57. The average molecular weight is 366 g/mol. The molecule has 0 spiro atoms. The molecule has 0 unspecified atom stereocenters. The van der Waals surface area contributed by atoms with Crippen molar-refractivity contribution >= 4 is 13.6 Å². The molecule has 25 heavy (non-hydrogen) atoms. The number of carbonyl (C=O) groups is 1. The van der Waals surface area contributed by atoms with Crippen LogP contribution in [-0.4, -0.2) is 18.7 Å². The number of esters is 1. The summed E-state index contributed by atoms with van der Waals surface area (Å²) in [5.74, 6) is 0.213. The highest BCUT2D eigenvalue weighted by molar-refractivity contribution is 7.55. The van der Waals surface area contributed by atoms with Gasteiger partial charge in [0.25, 0.3) is 0 Å². The molecule has 0 atom stereocenters. The van der Waals surface area contributed by atoms with Crippen molar-refractivity contribution in [2.75, 3.05) is 12.8 Å². The van der Waals surface area contributed by atoms with Gasteiger partial charge in [0, 0.05) is 0 Å². The van der Waals surface area contributed by atoms with Crippen LogP contribution in [0.4, 0.5) is 8.78 Å². The zero-order chi connectivity index (χ0) is 18.3. The summed E-state index contributed by atoms with van der Waals surface area (Å²) in [6, 6.07) is 9.27. The molecule has 130 valence electrons. The molecule has 0 fully saturated rings. The number of benzene rings is 2. The fourth-order valence-electron chi connectivity index (χ4n) is 1.72. The highest BCUT2D eigenvalue weighted by Crippen LogP contribution is 2.48. The Labute approximate surface area is 143 Å². The zero-order valence-electron chi connectivity index (χ0n) is 12.9. The lowest BCUT2D eigenvalue weighted by Crippen LogP contribution is -2.16. The fraction of sp³-hybridized carbons (Fsp3) is 0.118. The van der Waals surface area contributed by atoms with Crippen LogP contribution in [0.15, 0.2) is 48.5 Å². The first-order chi connectivity index (χ1) is 11.9. The molecule has 2 aromatic carbocycles. The minimum absolute atomic E-state index is 0.0246. The van der Waals surface area contributed by atoms with Crippen LogP contribution in [0.2, 0.25) is 0 Å². The molecule has 0 aliphatic rings. The van der Waals surface area contributed by atoms with E-state index >= 15 is 0 Å². The van der Waals surface area contributed by atoms with Gasteiger partial charge in [-0.3, -0.25) is 4.79 Å². The van der Waals surface area contributed by atoms with Crippen LogP contribution in [0, 0.1) is 24.0 Å². The standard InChI is InChI=1S/C17H13F2O5P/c1-2-11-22-17(20)12-25(21,23-15-7-3-13(18)4-8-15)24-16-9-5-14(19)6-10-16/h1,3-10H,11-12H2. The Kier molecular flexibility index (Phi) is 6.15. The van der Waals surface area contributed by atoms with Crippen molar-refractivity contribution in [1.29, 1.82) is 0 Å². The Morgan fingerprint density at radius 2 is 1.40 bits per heavy atom. The quantitative estimate of drug-likeness (QED) is 0.424. The SMILES string of the molecule is C#CCOC(=O)CP(=O)(Oc1ccc(F)cc1)Oc1ccc(F)cc1. The molecule has 0 aromatic heterocycles. The maximum atomic E-state index is 13.0. The summed E-state index contributed by atoms with van der Waals surface area (Å²) in [6.45, 7) is -0.300. The maximum absolute atomic E-state index is 13.0. The second-order valence-corrected chi connectivity index (χ2v) is 6.63. The van der Waals surface area contributed by atoms with Crippen molar-refractivity contribution in [1.82, 2.24) is 0 Å². The summed E-state index contributed by atoms with van der Waals surface area (Å²) < 4.78 is 54.0. The molecule has 0 saturated carbocycles. The van der Waals surface area contributed by atoms with Gasteiger partial charge in [-0.2, -0.15) is 0 Å². The molecule has 0 bridgehead atoms. The van der Waals surface area contributed by atoms with Gasteiger partial charge in [-0.05, 0) is 48.5 Å². The number of halogens is 2. The molecule has 0 heterocycles. The van der Waals surface area contributed by atoms with E-state index in [4.69, 9.17) is 15.5 Å². The number of rotatable bonds is 7. The van der Waals surface area contributed by atoms with Gasteiger partial charge < -0.3 is 13.8 Å². The smallest absolute Gasteiger partial charge is 0.441 e. The first-order valence-electron chi connectivity index (χ1n) is 6.99. The predicted molar refractivity (Wildman–Crippen MR) is 86.3 cm³/mol. The van der Waals surface area contributed by atoms with Crippen LogP contribution in [0.25, 0.3) is 0 Å². The topological polar surface area (TPSA) is 61.8 Å². The Balaban J connectivity index is 2.21. The van der Waals surface area contributed by atoms with E-state index in [0.717, 1.165) is 24.3 Å².